The van der Waals surface area contributed by atoms with Crippen LogP contribution in [0.2, 0.25) is 0 Å². The highest BCUT2D eigenvalue weighted by molar-refractivity contribution is 5.76. The van der Waals surface area contributed by atoms with E-state index < -0.39 is 5.82 Å². The van der Waals surface area contributed by atoms with E-state index in [4.69, 9.17) is 4.74 Å². The van der Waals surface area contributed by atoms with Gasteiger partial charge in [-0.3, -0.25) is 9.20 Å². The fourth-order valence-electron chi connectivity index (χ4n) is 3.80. The lowest BCUT2D eigenvalue weighted by atomic mass is 9.95. The Morgan fingerprint density at radius 3 is 2.79 bits per heavy atom. The zero-order valence-corrected chi connectivity index (χ0v) is 15.8. The number of rotatable bonds is 5. The largest absolute Gasteiger partial charge is 0.494 e. The summed E-state index contributed by atoms with van der Waals surface area (Å²) in [6, 6.07) is 10.7. The van der Waals surface area contributed by atoms with Crippen LogP contribution in [-0.2, 0) is 11.2 Å². The second kappa shape index (κ2) is 7.96. The minimum atomic E-state index is -0.395. The summed E-state index contributed by atoms with van der Waals surface area (Å²) in [6.07, 6.45) is 4.63. The van der Waals surface area contributed by atoms with Gasteiger partial charge >= 0.3 is 0 Å². The first-order chi connectivity index (χ1) is 13.7. The third-order valence-electron chi connectivity index (χ3n) is 5.40. The van der Waals surface area contributed by atoms with Gasteiger partial charge in [-0.25, -0.2) is 4.39 Å². The molecule has 7 heteroatoms. The van der Waals surface area contributed by atoms with Crippen LogP contribution in [0.15, 0.2) is 42.6 Å². The zero-order chi connectivity index (χ0) is 19.5. The van der Waals surface area contributed by atoms with Crippen molar-refractivity contribution in [3.05, 3.63) is 59.8 Å². The molecule has 1 saturated heterocycles. The number of fused-ring (bicyclic) bond motifs is 1. The SMILES string of the molecule is COc1ccc(CCC(=O)N2CCC(c3nnc4ccccn34)CC2)cc1F. The summed E-state index contributed by atoms with van der Waals surface area (Å²) in [6.45, 7) is 1.42. The van der Waals surface area contributed by atoms with Crippen molar-refractivity contribution in [2.75, 3.05) is 20.2 Å². The van der Waals surface area contributed by atoms with Gasteiger partial charge in [-0.2, -0.15) is 0 Å². The van der Waals surface area contributed by atoms with Crippen LogP contribution in [0.3, 0.4) is 0 Å². The number of aromatic nitrogens is 3. The lowest BCUT2D eigenvalue weighted by molar-refractivity contribution is -0.132. The Kier molecular flexibility index (Phi) is 5.23. The molecular formula is C21H23FN4O2. The number of hydrogen-bond donors (Lipinski definition) is 0. The summed E-state index contributed by atoms with van der Waals surface area (Å²) in [5.41, 5.74) is 1.65. The van der Waals surface area contributed by atoms with E-state index in [-0.39, 0.29) is 11.7 Å². The van der Waals surface area contributed by atoms with Gasteiger partial charge in [0, 0.05) is 31.6 Å². The van der Waals surface area contributed by atoms with Crippen LogP contribution in [-0.4, -0.2) is 45.6 Å². The molecule has 1 aliphatic heterocycles. The molecule has 0 bridgehead atoms. The summed E-state index contributed by atoms with van der Waals surface area (Å²) in [5.74, 6) is 1.21. The lowest BCUT2D eigenvalue weighted by Gasteiger charge is -2.31. The number of methoxy groups -OCH3 is 1. The van der Waals surface area contributed by atoms with Gasteiger partial charge in [0.05, 0.1) is 7.11 Å². The molecule has 28 heavy (non-hydrogen) atoms. The maximum atomic E-state index is 13.8. The van der Waals surface area contributed by atoms with Crippen molar-refractivity contribution >= 4 is 11.6 Å². The first-order valence-corrected chi connectivity index (χ1v) is 9.55. The Morgan fingerprint density at radius 2 is 2.04 bits per heavy atom. The zero-order valence-electron chi connectivity index (χ0n) is 15.8. The van der Waals surface area contributed by atoms with Crippen LogP contribution < -0.4 is 4.74 Å². The number of amides is 1. The van der Waals surface area contributed by atoms with E-state index in [0.29, 0.717) is 31.8 Å². The van der Waals surface area contributed by atoms with Gasteiger partial charge in [0.1, 0.15) is 5.82 Å². The molecule has 3 heterocycles. The fourth-order valence-corrected chi connectivity index (χ4v) is 3.80. The number of carbonyl (C=O) groups excluding carboxylic acids is 1. The van der Waals surface area contributed by atoms with Crippen LogP contribution in [0.1, 0.15) is 36.6 Å². The molecule has 0 N–H and O–H groups in total. The molecule has 0 aliphatic carbocycles. The topological polar surface area (TPSA) is 59.7 Å². The van der Waals surface area contributed by atoms with E-state index in [2.05, 4.69) is 10.2 Å². The summed E-state index contributed by atoms with van der Waals surface area (Å²) in [4.78, 5) is 14.5. The molecule has 0 atom stereocenters. The number of piperidine rings is 1. The Balaban J connectivity index is 1.32. The second-order valence-corrected chi connectivity index (χ2v) is 7.11. The maximum Gasteiger partial charge on any atom is 0.222 e. The minimum absolute atomic E-state index is 0.112. The number of halogens is 1. The fraction of sp³-hybridized carbons (Fsp3) is 0.381. The summed E-state index contributed by atoms with van der Waals surface area (Å²) in [7, 11) is 1.44. The number of likely N-dealkylation sites (tertiary alicyclic amines) is 1. The van der Waals surface area contributed by atoms with Crippen LogP contribution in [0.25, 0.3) is 5.65 Å². The van der Waals surface area contributed by atoms with Crippen molar-refractivity contribution in [1.82, 2.24) is 19.5 Å². The van der Waals surface area contributed by atoms with Crippen molar-refractivity contribution in [2.24, 2.45) is 0 Å². The van der Waals surface area contributed by atoms with Gasteiger partial charge in [-0.05, 0) is 49.1 Å². The predicted octanol–water partition coefficient (Wildman–Crippen LogP) is 3.22. The number of pyridine rings is 1. The van der Waals surface area contributed by atoms with Crippen LogP contribution in [0.5, 0.6) is 5.75 Å². The number of hydrogen-bond acceptors (Lipinski definition) is 4. The van der Waals surface area contributed by atoms with E-state index in [9.17, 15) is 9.18 Å². The molecule has 1 amide bonds. The van der Waals surface area contributed by atoms with Crippen LogP contribution >= 0.6 is 0 Å². The maximum absolute atomic E-state index is 13.8. The third-order valence-corrected chi connectivity index (χ3v) is 5.40. The Labute approximate surface area is 162 Å². The molecule has 6 nitrogen and oxygen atoms in total. The van der Waals surface area contributed by atoms with Gasteiger partial charge in [-0.15, -0.1) is 10.2 Å². The molecule has 0 saturated carbocycles. The molecule has 0 radical (unpaired) electrons. The average Bonchev–Trinajstić information content (AvgIpc) is 3.16. The van der Waals surface area contributed by atoms with E-state index >= 15 is 0 Å². The highest BCUT2D eigenvalue weighted by Crippen LogP contribution is 2.27. The molecule has 0 unspecified atom stereocenters. The lowest BCUT2D eigenvalue weighted by Crippen LogP contribution is -2.38. The molecule has 1 fully saturated rings. The molecule has 146 valence electrons. The van der Waals surface area contributed by atoms with Crippen molar-refractivity contribution in [3.63, 3.8) is 0 Å². The standard InChI is InChI=1S/C21H23FN4O2/c1-28-18-7-5-15(14-17(18)22)6-8-20(27)25-12-9-16(10-13-25)21-24-23-19-4-2-3-11-26(19)21/h2-5,7,11,14,16H,6,8-10,12-13H2,1H3. The van der Waals surface area contributed by atoms with E-state index in [0.717, 1.165) is 29.9 Å². The van der Waals surface area contributed by atoms with E-state index in [1.807, 2.05) is 33.7 Å². The van der Waals surface area contributed by atoms with Crippen molar-refractivity contribution in [3.8, 4) is 5.75 Å². The van der Waals surface area contributed by atoms with Gasteiger partial charge in [0.2, 0.25) is 5.91 Å². The normalized spacial score (nSPS) is 15.1. The quantitative estimate of drug-likeness (QED) is 0.680. The Morgan fingerprint density at radius 1 is 1.21 bits per heavy atom. The average molecular weight is 382 g/mol. The van der Waals surface area contributed by atoms with Crippen LogP contribution in [0, 0.1) is 5.82 Å². The highest BCUT2D eigenvalue weighted by atomic mass is 19.1. The van der Waals surface area contributed by atoms with Gasteiger partial charge in [-0.1, -0.05) is 12.1 Å². The number of benzene rings is 1. The first-order valence-electron chi connectivity index (χ1n) is 9.55. The van der Waals surface area contributed by atoms with E-state index in [1.54, 1.807) is 12.1 Å². The number of aryl methyl sites for hydroxylation is 1. The molecule has 2 aromatic heterocycles. The molecule has 1 aliphatic rings. The van der Waals surface area contributed by atoms with Crippen molar-refractivity contribution in [1.29, 1.82) is 0 Å². The minimum Gasteiger partial charge on any atom is -0.494 e. The van der Waals surface area contributed by atoms with Gasteiger partial charge in [0.25, 0.3) is 0 Å². The summed E-state index contributed by atoms with van der Waals surface area (Å²) >= 11 is 0. The molecule has 3 aromatic rings. The third kappa shape index (κ3) is 3.69. The first kappa shape index (κ1) is 18.4. The van der Waals surface area contributed by atoms with Crippen molar-refractivity contribution in [2.45, 2.75) is 31.6 Å². The van der Waals surface area contributed by atoms with Crippen LogP contribution in [0.4, 0.5) is 4.39 Å². The van der Waals surface area contributed by atoms with Gasteiger partial charge < -0.3 is 9.64 Å². The van der Waals surface area contributed by atoms with Gasteiger partial charge in [0.15, 0.2) is 17.2 Å². The Hall–Kier alpha value is -2.96. The number of ether oxygens (including phenoxy) is 1. The summed E-state index contributed by atoms with van der Waals surface area (Å²) < 4.78 is 20.7. The van der Waals surface area contributed by atoms with E-state index in [1.165, 1.54) is 13.2 Å². The smallest absolute Gasteiger partial charge is 0.222 e. The number of carbonyl (C=O) groups is 1. The second-order valence-electron chi connectivity index (χ2n) is 7.11. The monoisotopic (exact) mass is 382 g/mol. The molecule has 0 spiro atoms. The molecule has 4 rings (SSSR count). The highest BCUT2D eigenvalue weighted by Gasteiger charge is 2.26. The predicted molar refractivity (Wildman–Crippen MR) is 103 cm³/mol. The molecule has 1 aromatic carbocycles. The number of nitrogens with zero attached hydrogens (tertiary/aromatic N) is 4. The molecular weight excluding hydrogens is 359 g/mol. The van der Waals surface area contributed by atoms with Crippen molar-refractivity contribution < 1.29 is 13.9 Å². The summed E-state index contributed by atoms with van der Waals surface area (Å²) in [5, 5.41) is 8.57. The Bertz CT molecular complexity index is 979.